The first-order valence-corrected chi connectivity index (χ1v) is 10.1. The fraction of sp³-hybridized carbons (Fsp3) is 0.261. The SMILES string of the molecule is CCOc1ccc([C@H]2Oc3ccc(Cl)cc3[C@@H]3CC(c4ccc(C)o4)=NN23)cc1. The summed E-state index contributed by atoms with van der Waals surface area (Å²) in [5, 5.41) is 7.60. The molecule has 0 aliphatic carbocycles. The summed E-state index contributed by atoms with van der Waals surface area (Å²) in [7, 11) is 0. The van der Waals surface area contributed by atoms with Crippen LogP contribution in [0.2, 0.25) is 5.02 Å². The fourth-order valence-electron chi connectivity index (χ4n) is 3.91. The Morgan fingerprint density at radius 3 is 2.69 bits per heavy atom. The lowest BCUT2D eigenvalue weighted by atomic mass is 9.97. The molecule has 2 aliphatic heterocycles. The molecule has 0 bridgehead atoms. The molecule has 1 aromatic heterocycles. The minimum Gasteiger partial charge on any atom is -0.494 e. The molecule has 2 atom stereocenters. The second-order valence-electron chi connectivity index (χ2n) is 7.21. The van der Waals surface area contributed by atoms with E-state index < -0.39 is 0 Å². The number of halogens is 1. The molecule has 5 nitrogen and oxygen atoms in total. The maximum atomic E-state index is 6.36. The second kappa shape index (κ2) is 7.16. The van der Waals surface area contributed by atoms with E-state index in [0.29, 0.717) is 11.6 Å². The molecule has 5 rings (SSSR count). The molecule has 148 valence electrons. The summed E-state index contributed by atoms with van der Waals surface area (Å²) in [4.78, 5) is 0. The van der Waals surface area contributed by atoms with Gasteiger partial charge in [-0.3, -0.25) is 0 Å². The van der Waals surface area contributed by atoms with Gasteiger partial charge in [0.15, 0.2) is 0 Å². The number of hydrazone groups is 1. The summed E-state index contributed by atoms with van der Waals surface area (Å²) in [6, 6.07) is 17.7. The molecule has 0 N–H and O–H groups in total. The Morgan fingerprint density at radius 1 is 1.14 bits per heavy atom. The normalized spacial score (nSPS) is 20.0. The second-order valence-corrected chi connectivity index (χ2v) is 7.65. The highest BCUT2D eigenvalue weighted by Gasteiger charge is 2.41. The summed E-state index contributed by atoms with van der Waals surface area (Å²) >= 11 is 6.28. The molecule has 0 fully saturated rings. The molecule has 2 aromatic carbocycles. The maximum Gasteiger partial charge on any atom is 0.213 e. The zero-order valence-corrected chi connectivity index (χ0v) is 17.0. The van der Waals surface area contributed by atoms with Gasteiger partial charge < -0.3 is 13.9 Å². The summed E-state index contributed by atoms with van der Waals surface area (Å²) < 4.78 is 17.8. The molecular weight excluding hydrogens is 388 g/mol. The topological polar surface area (TPSA) is 47.2 Å². The van der Waals surface area contributed by atoms with Crippen LogP contribution in [0.1, 0.15) is 48.3 Å². The lowest BCUT2D eigenvalue weighted by Crippen LogP contribution is -2.33. The van der Waals surface area contributed by atoms with E-state index in [2.05, 4.69) is 0 Å². The Hall–Kier alpha value is -2.92. The quantitative estimate of drug-likeness (QED) is 0.540. The minimum atomic E-state index is -0.335. The number of benzene rings is 2. The van der Waals surface area contributed by atoms with Crippen LogP contribution in [0.25, 0.3) is 0 Å². The molecule has 0 radical (unpaired) electrons. The van der Waals surface area contributed by atoms with Crippen LogP contribution < -0.4 is 9.47 Å². The zero-order valence-electron chi connectivity index (χ0n) is 16.3. The van der Waals surface area contributed by atoms with Crippen molar-refractivity contribution >= 4 is 17.3 Å². The fourth-order valence-corrected chi connectivity index (χ4v) is 4.09. The van der Waals surface area contributed by atoms with Crippen molar-refractivity contribution in [2.75, 3.05) is 6.61 Å². The molecule has 3 aromatic rings. The highest BCUT2D eigenvalue weighted by molar-refractivity contribution is 6.30. The maximum absolute atomic E-state index is 6.36. The van der Waals surface area contributed by atoms with Crippen molar-refractivity contribution < 1.29 is 13.9 Å². The Balaban J connectivity index is 1.55. The first kappa shape index (κ1) is 18.1. The van der Waals surface area contributed by atoms with Gasteiger partial charge in [-0.2, -0.15) is 5.10 Å². The Kier molecular flexibility index (Phi) is 4.47. The molecule has 0 spiro atoms. The van der Waals surface area contributed by atoms with E-state index in [1.165, 1.54) is 0 Å². The van der Waals surface area contributed by atoms with Crippen molar-refractivity contribution in [3.63, 3.8) is 0 Å². The number of hydrogen-bond acceptors (Lipinski definition) is 5. The average Bonchev–Trinajstić information content (AvgIpc) is 3.35. The zero-order chi connectivity index (χ0) is 20.0. The predicted molar refractivity (Wildman–Crippen MR) is 112 cm³/mol. The van der Waals surface area contributed by atoms with E-state index >= 15 is 0 Å². The van der Waals surface area contributed by atoms with E-state index in [1.807, 2.05) is 73.5 Å². The van der Waals surface area contributed by atoms with E-state index in [0.717, 1.165) is 46.3 Å². The standard InChI is InChI=1S/C23H21ClN2O3/c1-3-27-17-8-5-15(6-9-17)23-26-20(18-12-16(24)7-11-21(18)29-23)13-19(25-26)22-10-4-14(2)28-22/h4-12,20,23H,3,13H2,1-2H3/t20-,23+/m0/s1. The smallest absolute Gasteiger partial charge is 0.213 e. The van der Waals surface area contributed by atoms with E-state index in [1.54, 1.807) is 0 Å². The van der Waals surface area contributed by atoms with Crippen molar-refractivity contribution in [3.05, 3.63) is 82.3 Å². The van der Waals surface area contributed by atoms with Crippen LogP contribution in [0.5, 0.6) is 11.5 Å². The van der Waals surface area contributed by atoms with Gasteiger partial charge in [-0.25, -0.2) is 5.01 Å². The van der Waals surface area contributed by atoms with Crippen LogP contribution in [-0.4, -0.2) is 17.3 Å². The lowest BCUT2D eigenvalue weighted by molar-refractivity contribution is -0.0190. The van der Waals surface area contributed by atoms with Gasteiger partial charge in [0.25, 0.3) is 0 Å². The first-order valence-electron chi connectivity index (χ1n) is 9.74. The number of aryl methyl sites for hydroxylation is 1. The van der Waals surface area contributed by atoms with Crippen LogP contribution in [0, 0.1) is 6.92 Å². The lowest BCUT2D eigenvalue weighted by Gasteiger charge is -2.38. The number of fused-ring (bicyclic) bond motifs is 3. The van der Waals surface area contributed by atoms with Crippen LogP contribution in [0.15, 0.2) is 64.1 Å². The van der Waals surface area contributed by atoms with Gasteiger partial charge in [0, 0.05) is 22.6 Å². The van der Waals surface area contributed by atoms with Crippen molar-refractivity contribution in [2.45, 2.75) is 32.5 Å². The number of rotatable bonds is 4. The van der Waals surface area contributed by atoms with Gasteiger partial charge in [0.05, 0.1) is 12.6 Å². The molecule has 3 heterocycles. The van der Waals surface area contributed by atoms with Crippen LogP contribution >= 0.6 is 11.6 Å². The van der Waals surface area contributed by atoms with Crippen molar-refractivity contribution in [3.8, 4) is 11.5 Å². The Bertz CT molecular complexity index is 1070. The highest BCUT2D eigenvalue weighted by atomic mass is 35.5. The summed E-state index contributed by atoms with van der Waals surface area (Å²) in [5.74, 6) is 3.34. The number of furan rings is 1. The minimum absolute atomic E-state index is 0.0365. The summed E-state index contributed by atoms with van der Waals surface area (Å²) in [6.45, 7) is 4.55. The van der Waals surface area contributed by atoms with Gasteiger partial charge in [0.1, 0.15) is 28.7 Å². The third kappa shape index (κ3) is 3.25. The molecular formula is C23H21ClN2O3. The van der Waals surface area contributed by atoms with E-state index in [9.17, 15) is 0 Å². The molecule has 29 heavy (non-hydrogen) atoms. The predicted octanol–water partition coefficient (Wildman–Crippen LogP) is 5.88. The monoisotopic (exact) mass is 408 g/mol. The van der Waals surface area contributed by atoms with Crippen LogP contribution in [0.3, 0.4) is 0 Å². The Morgan fingerprint density at radius 2 is 1.97 bits per heavy atom. The summed E-state index contributed by atoms with van der Waals surface area (Å²) in [5.41, 5.74) is 2.97. The van der Waals surface area contributed by atoms with Crippen LogP contribution in [-0.2, 0) is 0 Å². The van der Waals surface area contributed by atoms with Gasteiger partial charge in [0.2, 0.25) is 6.23 Å². The first-order chi connectivity index (χ1) is 14.1. The summed E-state index contributed by atoms with van der Waals surface area (Å²) in [6.07, 6.45) is 0.398. The molecule has 0 saturated carbocycles. The number of hydrogen-bond donors (Lipinski definition) is 0. The van der Waals surface area contributed by atoms with Crippen LogP contribution in [0.4, 0.5) is 0 Å². The van der Waals surface area contributed by atoms with Gasteiger partial charge >= 0.3 is 0 Å². The third-order valence-electron chi connectivity index (χ3n) is 5.25. The van der Waals surface area contributed by atoms with E-state index in [4.69, 9.17) is 30.6 Å². The molecule has 2 aliphatic rings. The van der Waals surface area contributed by atoms with E-state index in [-0.39, 0.29) is 12.3 Å². The average molecular weight is 409 g/mol. The molecule has 6 heteroatoms. The number of ether oxygens (including phenoxy) is 2. The molecule has 0 amide bonds. The molecule has 0 saturated heterocycles. The van der Waals surface area contributed by atoms with Crippen molar-refractivity contribution in [2.24, 2.45) is 5.10 Å². The van der Waals surface area contributed by atoms with Crippen molar-refractivity contribution in [1.29, 1.82) is 0 Å². The van der Waals surface area contributed by atoms with Crippen molar-refractivity contribution in [1.82, 2.24) is 5.01 Å². The highest BCUT2D eigenvalue weighted by Crippen LogP contribution is 2.48. The van der Waals surface area contributed by atoms with Gasteiger partial charge in [-0.1, -0.05) is 11.6 Å². The van der Waals surface area contributed by atoms with Gasteiger partial charge in [-0.05, 0) is 68.4 Å². The third-order valence-corrected chi connectivity index (χ3v) is 5.49. The Labute approximate surface area is 174 Å². The molecule has 0 unspecified atom stereocenters. The van der Waals surface area contributed by atoms with Gasteiger partial charge in [-0.15, -0.1) is 0 Å². The largest absolute Gasteiger partial charge is 0.494 e. The number of nitrogens with zero attached hydrogens (tertiary/aromatic N) is 2.